The molecule has 8 N–H and O–H groups in total. The minimum absolute atomic E-state index is 0.132. The number of rotatable bonds is 30. The van der Waals surface area contributed by atoms with E-state index >= 15 is 0 Å². The second kappa shape index (κ2) is 44.0. The number of methoxy groups -OCH3 is 2. The molecule has 6 aromatic carbocycles. The normalized spacial score (nSPS) is 12.7. The number of unbranched alkanes of at least 4 members (excludes halogenated alkanes) is 6. The number of nitrogens with two attached hydrogens (primary N) is 2. The fourth-order valence-corrected chi connectivity index (χ4v) is 9.81. The zero-order valence-electron chi connectivity index (χ0n) is 54.5. The summed E-state index contributed by atoms with van der Waals surface area (Å²) in [7, 11) is 3.23. The number of hydrogen-bond donors (Lipinski definition) is 6. The third kappa shape index (κ3) is 26.9. The van der Waals surface area contributed by atoms with Crippen molar-refractivity contribution in [2.45, 2.75) is 82.4 Å². The fourth-order valence-electron chi connectivity index (χ4n) is 9.81. The van der Waals surface area contributed by atoms with Crippen LogP contribution in [0.4, 0.5) is 43.7 Å². The average molecular weight is 1360 g/mol. The Morgan fingerprint density at radius 2 is 0.758 bits per heavy atom. The molecule has 95 heavy (non-hydrogen) atoms. The van der Waals surface area contributed by atoms with Gasteiger partial charge in [-0.15, -0.1) is 0 Å². The molecule has 0 bridgehead atoms. The molecule has 0 saturated carbocycles. The van der Waals surface area contributed by atoms with E-state index in [9.17, 15) is 28.8 Å². The number of azo groups is 2. The predicted molar refractivity (Wildman–Crippen MR) is 376 cm³/mol. The summed E-state index contributed by atoms with van der Waals surface area (Å²) in [6, 6.07) is 42.9. The van der Waals surface area contributed by atoms with Crippen LogP contribution >= 0.6 is 34.8 Å². The number of hydrogen-bond acceptors (Lipinski definition) is 17. The van der Waals surface area contributed by atoms with Gasteiger partial charge in [0, 0.05) is 90.0 Å². The maximum absolute atomic E-state index is 13.0. The molecule has 1 fully saturated rings. The zero-order chi connectivity index (χ0) is 68.6. The van der Waals surface area contributed by atoms with Gasteiger partial charge < -0.3 is 45.3 Å². The average Bonchev–Trinajstić information content (AvgIpc) is 1.65. The Balaban J connectivity index is 0.000000297. The lowest BCUT2D eigenvalue weighted by atomic mass is 10.1. The Morgan fingerprint density at radius 3 is 1.04 bits per heavy atom. The SMILES string of the molecule is C1CCOC1.CCCCCCNC(=O)NCCN(CCNC(=O)NCCCCCC)c1ccc(N=Nc2ccc(OC)cc2)cc1.COc1ccc(N=Nc2ccc(N(CCN3C(=O)c4ccccc4C3=O)CCN3C(=O)c4ccccc4C3=O)cc2)cc1.ClC(Cl)Cl.NN. The lowest BCUT2D eigenvalue weighted by Gasteiger charge is -2.28. The molecule has 26 heteroatoms. The summed E-state index contributed by atoms with van der Waals surface area (Å²) in [6.45, 7) is 10.7. The number of nitrogens with one attached hydrogen (secondary N) is 4. The standard InChI is InChI=1S/C33H27N5O5.C31H49N7O3.C4H8O.CHCl3.H4N2/c1-43-25-16-12-23(13-17-25)35-34-22-10-14-24(15-11-22)36(18-20-37-30(39)26-6-2-3-7-27(26)31(37)40)19-21-38-32(41)28-8-4-5-9-29(28)33(38)42;1-4-6-8-10-20-32-30(39)34-22-24-38(25-23-35-31(40)33-21-11-9-7-5-2)28-16-12-26(13-17-28)36-37-27-14-18-29(41-3)19-15-27;1-2-4-5-3-1;2-1(3)4;1-2/h2-17H,18-21H2,1H3;12-19H,4-11,20-25H2,1-3H3,(H2,32,34,39)(H2,33,35,40);1-4H2;1H;1-2H2. The Kier molecular flexibility index (Phi) is 35.7. The molecule has 8 amide bonds. The number of alkyl halides is 3. The van der Waals surface area contributed by atoms with Gasteiger partial charge >= 0.3 is 12.1 Å². The number of amides is 8. The minimum Gasteiger partial charge on any atom is -0.497 e. The predicted octanol–water partition coefficient (Wildman–Crippen LogP) is 13.8. The number of benzene rings is 6. The molecule has 1 saturated heterocycles. The van der Waals surface area contributed by atoms with E-state index in [0.717, 1.165) is 73.1 Å². The van der Waals surface area contributed by atoms with Crippen molar-refractivity contribution in [3.8, 4) is 11.5 Å². The van der Waals surface area contributed by atoms with E-state index in [1.54, 1.807) is 99.1 Å². The number of hydrazine groups is 1. The smallest absolute Gasteiger partial charge is 0.314 e. The molecule has 0 atom stereocenters. The van der Waals surface area contributed by atoms with E-state index in [1.165, 1.54) is 48.3 Å². The van der Waals surface area contributed by atoms with Gasteiger partial charge in [0.25, 0.3) is 23.6 Å². The maximum Gasteiger partial charge on any atom is 0.314 e. The molecule has 0 spiro atoms. The van der Waals surface area contributed by atoms with Gasteiger partial charge in [0.1, 0.15) is 11.5 Å². The Bertz CT molecular complexity index is 3150. The van der Waals surface area contributed by atoms with E-state index in [1.807, 2.05) is 65.6 Å². The highest BCUT2D eigenvalue weighted by molar-refractivity contribution is 6.63. The van der Waals surface area contributed by atoms with Crippen LogP contribution in [0.2, 0.25) is 0 Å². The summed E-state index contributed by atoms with van der Waals surface area (Å²) >= 11 is 14.4. The third-order valence-corrected chi connectivity index (χ3v) is 14.9. The maximum atomic E-state index is 13.0. The van der Waals surface area contributed by atoms with Crippen LogP contribution in [-0.2, 0) is 4.74 Å². The highest BCUT2D eigenvalue weighted by Crippen LogP contribution is 2.29. The Hall–Kier alpha value is -8.71. The summed E-state index contributed by atoms with van der Waals surface area (Å²) < 4.78 is 14.5. The molecule has 0 aliphatic carbocycles. The van der Waals surface area contributed by atoms with Crippen molar-refractivity contribution in [2.75, 3.05) is 103 Å². The summed E-state index contributed by atoms with van der Waals surface area (Å²) in [5.41, 5.74) is 6.05. The molecular formula is C69H89Cl3N14O9. The van der Waals surface area contributed by atoms with E-state index in [2.05, 4.69) is 72.2 Å². The van der Waals surface area contributed by atoms with Crippen LogP contribution in [0.1, 0.15) is 119 Å². The minimum atomic E-state index is -0.750. The second-order valence-corrected chi connectivity index (χ2v) is 23.5. The molecule has 0 radical (unpaired) electrons. The molecule has 3 aliphatic rings. The molecular weight excluding hydrogens is 1280 g/mol. The lowest BCUT2D eigenvalue weighted by molar-refractivity contribution is 0.0650. The first-order chi connectivity index (χ1) is 46.2. The monoisotopic (exact) mass is 1360 g/mol. The highest BCUT2D eigenvalue weighted by Gasteiger charge is 2.37. The van der Waals surface area contributed by atoms with E-state index in [0.29, 0.717) is 86.0 Å². The second-order valence-electron chi connectivity index (χ2n) is 21.5. The summed E-state index contributed by atoms with van der Waals surface area (Å²) in [5.74, 6) is 8.15. The molecule has 9 rings (SSSR count). The molecule has 6 aromatic rings. The first kappa shape index (κ1) is 77.0. The Labute approximate surface area is 572 Å². The molecule has 0 aromatic heterocycles. The number of fused-ring (bicyclic) bond motifs is 2. The van der Waals surface area contributed by atoms with Gasteiger partial charge in [-0.25, -0.2) is 9.59 Å². The number of anilines is 2. The van der Waals surface area contributed by atoms with Crippen molar-refractivity contribution >= 4 is 105 Å². The number of halogens is 3. The first-order valence-corrected chi connectivity index (χ1v) is 33.1. The van der Waals surface area contributed by atoms with Gasteiger partial charge in [-0.05, 0) is 147 Å². The van der Waals surface area contributed by atoms with Crippen molar-refractivity contribution in [2.24, 2.45) is 32.1 Å². The van der Waals surface area contributed by atoms with Crippen LogP contribution in [0.5, 0.6) is 11.5 Å². The van der Waals surface area contributed by atoms with Crippen LogP contribution in [0.15, 0.2) is 166 Å². The van der Waals surface area contributed by atoms with E-state index in [-0.39, 0.29) is 48.8 Å². The summed E-state index contributed by atoms with van der Waals surface area (Å²) in [6.07, 6.45) is 11.5. The van der Waals surface area contributed by atoms with Crippen LogP contribution in [0.25, 0.3) is 0 Å². The molecule has 0 unspecified atom stereocenters. The fraction of sp³-hybridized carbons (Fsp3) is 0.391. The number of imide groups is 2. The Morgan fingerprint density at radius 1 is 0.463 bits per heavy atom. The van der Waals surface area contributed by atoms with Gasteiger partial charge in [-0.1, -0.05) is 111 Å². The largest absolute Gasteiger partial charge is 0.497 e. The van der Waals surface area contributed by atoms with Crippen molar-refractivity contribution < 1.29 is 43.0 Å². The van der Waals surface area contributed by atoms with E-state index < -0.39 is 4.30 Å². The van der Waals surface area contributed by atoms with Gasteiger partial charge in [0.05, 0.1) is 59.2 Å². The topological polar surface area (TPSA) is 293 Å². The van der Waals surface area contributed by atoms with Gasteiger partial charge in [0.15, 0.2) is 4.30 Å². The van der Waals surface area contributed by atoms with Crippen LogP contribution in [0.3, 0.4) is 0 Å². The van der Waals surface area contributed by atoms with Gasteiger partial charge in [-0.2, -0.15) is 20.5 Å². The van der Waals surface area contributed by atoms with Crippen molar-refractivity contribution in [3.05, 3.63) is 168 Å². The first-order valence-electron chi connectivity index (χ1n) is 31.8. The number of nitrogens with zero attached hydrogens (tertiary/aromatic N) is 8. The number of ether oxygens (including phenoxy) is 3. The van der Waals surface area contributed by atoms with E-state index in [4.69, 9.17) is 49.0 Å². The molecule has 23 nitrogen and oxygen atoms in total. The lowest BCUT2D eigenvalue weighted by Crippen LogP contribution is -2.44. The van der Waals surface area contributed by atoms with Crippen molar-refractivity contribution in [3.63, 3.8) is 0 Å². The van der Waals surface area contributed by atoms with Crippen LogP contribution in [0, 0.1) is 0 Å². The number of carbonyl (C=O) groups is 6. The molecule has 510 valence electrons. The van der Waals surface area contributed by atoms with Crippen LogP contribution < -0.4 is 52.2 Å². The van der Waals surface area contributed by atoms with Gasteiger partial charge in [0.2, 0.25) is 0 Å². The van der Waals surface area contributed by atoms with Crippen molar-refractivity contribution in [1.82, 2.24) is 31.1 Å². The number of carbonyl (C=O) groups excluding carboxylic acids is 6. The zero-order valence-corrected chi connectivity index (χ0v) is 56.8. The quantitative estimate of drug-likeness (QED) is 0.00611. The third-order valence-electron chi connectivity index (χ3n) is 14.9. The van der Waals surface area contributed by atoms with Gasteiger partial charge in [-0.3, -0.25) is 40.7 Å². The van der Waals surface area contributed by atoms with Crippen molar-refractivity contribution in [1.29, 1.82) is 0 Å². The number of urea groups is 2. The summed E-state index contributed by atoms with van der Waals surface area (Å²) in [5, 5.41) is 28.9. The summed E-state index contributed by atoms with van der Waals surface area (Å²) in [4.78, 5) is 82.8. The molecule has 3 heterocycles. The molecule has 3 aliphatic heterocycles. The highest BCUT2D eigenvalue weighted by atomic mass is 35.6. The van der Waals surface area contributed by atoms with Crippen LogP contribution in [-0.4, -0.2) is 143 Å².